The molecule has 0 fully saturated rings. The zero-order chi connectivity index (χ0) is 11.7. The fourth-order valence-corrected chi connectivity index (χ4v) is 1.58. The maximum absolute atomic E-state index is 11.2. The van der Waals surface area contributed by atoms with Crippen molar-refractivity contribution in [1.29, 1.82) is 0 Å². The highest BCUT2D eigenvalue weighted by atomic mass is 35.5. The molecule has 0 aliphatic heterocycles. The first-order chi connectivity index (χ1) is 7.56. The average molecular weight is 256 g/mol. The molecule has 6 heteroatoms. The van der Waals surface area contributed by atoms with Crippen LogP contribution in [0.3, 0.4) is 0 Å². The Morgan fingerprint density at radius 2 is 1.94 bits per heavy atom. The molecule has 0 atom stereocenters. The Balaban J connectivity index is 2.58. The van der Waals surface area contributed by atoms with Gasteiger partial charge in [-0.15, -0.1) is 0 Å². The van der Waals surface area contributed by atoms with Gasteiger partial charge in [-0.1, -0.05) is 29.3 Å². The zero-order valence-corrected chi connectivity index (χ0v) is 9.51. The first kappa shape index (κ1) is 11.0. The SMILES string of the molecule is Nc1nc(-c2ccc(Cl)c(Cl)c2)cc(=O)[nH]1. The number of aromatic nitrogens is 2. The lowest BCUT2D eigenvalue weighted by Gasteiger charge is -2.02. The molecule has 0 spiro atoms. The Kier molecular flexibility index (Phi) is 2.85. The summed E-state index contributed by atoms with van der Waals surface area (Å²) in [4.78, 5) is 17.6. The van der Waals surface area contributed by atoms with Crippen LogP contribution >= 0.6 is 23.2 Å². The quantitative estimate of drug-likeness (QED) is 0.822. The van der Waals surface area contributed by atoms with Crippen LogP contribution in [0.4, 0.5) is 5.95 Å². The number of hydrogen-bond acceptors (Lipinski definition) is 3. The summed E-state index contributed by atoms with van der Waals surface area (Å²) >= 11 is 11.7. The molecule has 0 saturated heterocycles. The number of hydrogen-bond donors (Lipinski definition) is 2. The summed E-state index contributed by atoms with van der Waals surface area (Å²) < 4.78 is 0. The summed E-state index contributed by atoms with van der Waals surface area (Å²) in [5, 5.41) is 0.850. The van der Waals surface area contributed by atoms with E-state index >= 15 is 0 Å². The molecule has 2 rings (SSSR count). The van der Waals surface area contributed by atoms with Gasteiger partial charge < -0.3 is 5.73 Å². The van der Waals surface area contributed by atoms with Gasteiger partial charge in [0.2, 0.25) is 5.95 Å². The second-order valence-corrected chi connectivity index (χ2v) is 3.96. The number of benzene rings is 1. The Labute approximate surface area is 101 Å². The third-order valence-corrected chi connectivity index (χ3v) is 2.71. The van der Waals surface area contributed by atoms with Gasteiger partial charge in [0.15, 0.2) is 0 Å². The first-order valence-corrected chi connectivity index (χ1v) is 5.14. The molecule has 0 bridgehead atoms. The number of H-pyrrole nitrogens is 1. The van der Waals surface area contributed by atoms with E-state index in [1.165, 1.54) is 6.07 Å². The number of halogens is 2. The van der Waals surface area contributed by atoms with Crippen LogP contribution in [0.2, 0.25) is 10.0 Å². The minimum absolute atomic E-state index is 0.0635. The molecule has 2 aromatic rings. The normalized spacial score (nSPS) is 10.4. The van der Waals surface area contributed by atoms with E-state index in [9.17, 15) is 4.79 Å². The van der Waals surface area contributed by atoms with Crippen LogP contribution in [-0.2, 0) is 0 Å². The maximum Gasteiger partial charge on any atom is 0.252 e. The Bertz CT molecular complexity index is 595. The number of nitrogens with one attached hydrogen (secondary N) is 1. The molecule has 1 aromatic carbocycles. The Hall–Kier alpha value is -1.52. The molecule has 3 N–H and O–H groups in total. The highest BCUT2D eigenvalue weighted by Crippen LogP contribution is 2.27. The average Bonchev–Trinajstić information content (AvgIpc) is 2.20. The molecule has 0 radical (unpaired) electrons. The Morgan fingerprint density at radius 1 is 1.19 bits per heavy atom. The lowest BCUT2D eigenvalue weighted by Crippen LogP contribution is -2.10. The lowest BCUT2D eigenvalue weighted by atomic mass is 10.1. The van der Waals surface area contributed by atoms with E-state index in [0.29, 0.717) is 21.3 Å². The second-order valence-electron chi connectivity index (χ2n) is 3.14. The number of aromatic amines is 1. The first-order valence-electron chi connectivity index (χ1n) is 4.38. The molecular weight excluding hydrogens is 249 g/mol. The number of nitrogens with two attached hydrogens (primary N) is 1. The topological polar surface area (TPSA) is 71.8 Å². The standard InChI is InChI=1S/C10H7Cl2N3O/c11-6-2-1-5(3-7(6)12)8-4-9(16)15-10(13)14-8/h1-4H,(H3,13,14,15,16). The van der Waals surface area contributed by atoms with Crippen molar-refractivity contribution in [3.05, 3.63) is 44.7 Å². The summed E-state index contributed by atoms with van der Waals surface area (Å²) in [6, 6.07) is 6.33. The van der Waals surface area contributed by atoms with E-state index in [1.54, 1.807) is 18.2 Å². The van der Waals surface area contributed by atoms with Gasteiger partial charge in [-0.05, 0) is 12.1 Å². The largest absolute Gasteiger partial charge is 0.369 e. The number of anilines is 1. The minimum atomic E-state index is -0.312. The van der Waals surface area contributed by atoms with Crippen LogP contribution in [-0.4, -0.2) is 9.97 Å². The maximum atomic E-state index is 11.2. The van der Waals surface area contributed by atoms with Gasteiger partial charge in [-0.25, -0.2) is 4.98 Å². The zero-order valence-electron chi connectivity index (χ0n) is 8.00. The van der Waals surface area contributed by atoms with Gasteiger partial charge in [0.05, 0.1) is 15.7 Å². The Morgan fingerprint density at radius 3 is 2.56 bits per heavy atom. The van der Waals surface area contributed by atoms with E-state index in [1.807, 2.05) is 0 Å². The summed E-state index contributed by atoms with van der Waals surface area (Å²) in [6.07, 6.45) is 0. The molecule has 0 aliphatic rings. The molecule has 0 amide bonds. The number of nitrogens with zero attached hydrogens (tertiary/aromatic N) is 1. The minimum Gasteiger partial charge on any atom is -0.369 e. The summed E-state index contributed by atoms with van der Waals surface area (Å²) in [7, 11) is 0. The van der Waals surface area contributed by atoms with Crippen molar-refractivity contribution in [2.24, 2.45) is 0 Å². The third kappa shape index (κ3) is 2.18. The fraction of sp³-hybridized carbons (Fsp3) is 0. The predicted molar refractivity (Wildman–Crippen MR) is 64.7 cm³/mol. The number of rotatable bonds is 1. The highest BCUT2D eigenvalue weighted by molar-refractivity contribution is 6.42. The van der Waals surface area contributed by atoms with Crippen LogP contribution < -0.4 is 11.3 Å². The van der Waals surface area contributed by atoms with Crippen molar-refractivity contribution >= 4 is 29.2 Å². The third-order valence-electron chi connectivity index (χ3n) is 1.98. The van der Waals surface area contributed by atoms with Crippen molar-refractivity contribution in [3.8, 4) is 11.3 Å². The van der Waals surface area contributed by atoms with E-state index < -0.39 is 0 Å². The summed E-state index contributed by atoms with van der Waals surface area (Å²) in [5.41, 5.74) is 6.27. The van der Waals surface area contributed by atoms with E-state index in [0.717, 1.165) is 0 Å². The van der Waals surface area contributed by atoms with Gasteiger partial charge in [0.25, 0.3) is 5.56 Å². The smallest absolute Gasteiger partial charge is 0.252 e. The van der Waals surface area contributed by atoms with Crippen molar-refractivity contribution in [2.75, 3.05) is 5.73 Å². The van der Waals surface area contributed by atoms with Gasteiger partial charge >= 0.3 is 0 Å². The van der Waals surface area contributed by atoms with Crippen molar-refractivity contribution in [3.63, 3.8) is 0 Å². The molecule has 4 nitrogen and oxygen atoms in total. The fourth-order valence-electron chi connectivity index (χ4n) is 1.28. The van der Waals surface area contributed by atoms with Gasteiger partial charge in [-0.3, -0.25) is 9.78 Å². The van der Waals surface area contributed by atoms with Crippen LogP contribution in [0.5, 0.6) is 0 Å². The molecule has 82 valence electrons. The summed E-state index contributed by atoms with van der Waals surface area (Å²) in [5.74, 6) is 0.0635. The molecule has 0 aliphatic carbocycles. The molecular formula is C10H7Cl2N3O. The van der Waals surface area contributed by atoms with E-state index in [2.05, 4.69) is 9.97 Å². The monoisotopic (exact) mass is 255 g/mol. The second kappa shape index (κ2) is 4.15. The molecule has 0 saturated carbocycles. The van der Waals surface area contributed by atoms with Crippen molar-refractivity contribution in [1.82, 2.24) is 9.97 Å². The van der Waals surface area contributed by atoms with Crippen LogP contribution in [0, 0.1) is 0 Å². The van der Waals surface area contributed by atoms with E-state index in [4.69, 9.17) is 28.9 Å². The van der Waals surface area contributed by atoms with Crippen molar-refractivity contribution in [2.45, 2.75) is 0 Å². The predicted octanol–water partition coefficient (Wildman–Crippen LogP) is 2.33. The number of nitrogen functional groups attached to an aromatic ring is 1. The van der Waals surface area contributed by atoms with E-state index in [-0.39, 0.29) is 11.5 Å². The molecule has 1 heterocycles. The van der Waals surface area contributed by atoms with Gasteiger partial charge in [0.1, 0.15) is 0 Å². The summed E-state index contributed by atoms with van der Waals surface area (Å²) in [6.45, 7) is 0. The highest BCUT2D eigenvalue weighted by Gasteiger charge is 2.05. The molecule has 1 aromatic heterocycles. The van der Waals surface area contributed by atoms with Gasteiger partial charge in [-0.2, -0.15) is 0 Å². The lowest BCUT2D eigenvalue weighted by molar-refractivity contribution is 1.14. The van der Waals surface area contributed by atoms with Crippen LogP contribution in [0.1, 0.15) is 0 Å². The van der Waals surface area contributed by atoms with Crippen molar-refractivity contribution < 1.29 is 0 Å². The molecule has 0 unspecified atom stereocenters. The van der Waals surface area contributed by atoms with Gasteiger partial charge in [0, 0.05) is 11.6 Å². The van der Waals surface area contributed by atoms with Crippen LogP contribution in [0.15, 0.2) is 29.1 Å². The molecule has 16 heavy (non-hydrogen) atoms. The van der Waals surface area contributed by atoms with Crippen LogP contribution in [0.25, 0.3) is 11.3 Å².